The molecule has 2 aromatic carbocycles. The number of aryl methyl sites for hydroxylation is 1. The van der Waals surface area contributed by atoms with Gasteiger partial charge >= 0.3 is 6.03 Å². The van der Waals surface area contributed by atoms with Gasteiger partial charge in [0.1, 0.15) is 5.82 Å². The molecule has 0 atom stereocenters. The third-order valence-corrected chi connectivity index (χ3v) is 4.58. The van der Waals surface area contributed by atoms with Gasteiger partial charge in [-0.2, -0.15) is 5.10 Å². The molecular formula is C20H19N5O2. The van der Waals surface area contributed by atoms with Crippen LogP contribution < -0.4 is 10.6 Å². The van der Waals surface area contributed by atoms with Crippen molar-refractivity contribution in [2.75, 3.05) is 10.6 Å². The number of nitrogens with zero attached hydrogens (tertiary/aromatic N) is 2. The molecule has 1 aromatic heterocycles. The molecule has 1 aliphatic heterocycles. The minimum atomic E-state index is -0.202. The van der Waals surface area contributed by atoms with E-state index in [0.29, 0.717) is 24.5 Å². The summed E-state index contributed by atoms with van der Waals surface area (Å²) in [5, 5.41) is 12.8. The smallest absolute Gasteiger partial charge is 0.314 e. The SMILES string of the molecule is Cc1ccccc1C(=O)Nc1[nH]nc2c1CN(C(=O)Nc1ccccc1)C2. The Hall–Kier alpha value is -3.61. The van der Waals surface area contributed by atoms with Crippen LogP contribution in [0.15, 0.2) is 54.6 Å². The number of benzene rings is 2. The highest BCUT2D eigenvalue weighted by Gasteiger charge is 2.29. The van der Waals surface area contributed by atoms with Gasteiger partial charge in [-0.3, -0.25) is 9.89 Å². The van der Waals surface area contributed by atoms with E-state index >= 15 is 0 Å². The van der Waals surface area contributed by atoms with Crippen molar-refractivity contribution in [1.29, 1.82) is 0 Å². The number of aromatic nitrogens is 2. The zero-order chi connectivity index (χ0) is 18.8. The predicted octanol–water partition coefficient (Wildman–Crippen LogP) is 3.52. The van der Waals surface area contributed by atoms with Crippen LogP contribution in [0.25, 0.3) is 0 Å². The van der Waals surface area contributed by atoms with Crippen molar-refractivity contribution in [3.05, 3.63) is 77.0 Å². The molecule has 3 aromatic rings. The van der Waals surface area contributed by atoms with E-state index in [-0.39, 0.29) is 11.9 Å². The third-order valence-electron chi connectivity index (χ3n) is 4.58. The van der Waals surface area contributed by atoms with E-state index in [9.17, 15) is 9.59 Å². The Morgan fingerprint density at radius 2 is 1.74 bits per heavy atom. The van der Waals surface area contributed by atoms with E-state index in [2.05, 4.69) is 20.8 Å². The first-order chi connectivity index (χ1) is 13.1. The summed E-state index contributed by atoms with van der Waals surface area (Å²) in [6, 6.07) is 16.5. The number of rotatable bonds is 3. The van der Waals surface area contributed by atoms with Crippen LogP contribution in [0.2, 0.25) is 0 Å². The second kappa shape index (κ2) is 6.95. The number of carbonyl (C=O) groups excluding carboxylic acids is 2. The number of carbonyl (C=O) groups is 2. The lowest BCUT2D eigenvalue weighted by Crippen LogP contribution is -2.30. The van der Waals surface area contributed by atoms with Crippen molar-refractivity contribution in [2.45, 2.75) is 20.0 Å². The lowest BCUT2D eigenvalue weighted by Gasteiger charge is -2.16. The highest BCUT2D eigenvalue weighted by molar-refractivity contribution is 6.05. The monoisotopic (exact) mass is 361 g/mol. The first kappa shape index (κ1) is 16.8. The van der Waals surface area contributed by atoms with Gasteiger partial charge in [0.2, 0.25) is 0 Å². The summed E-state index contributed by atoms with van der Waals surface area (Å²) < 4.78 is 0. The Balaban J connectivity index is 1.45. The zero-order valence-electron chi connectivity index (χ0n) is 14.8. The summed E-state index contributed by atoms with van der Waals surface area (Å²) in [5.41, 5.74) is 3.84. The number of anilines is 2. The van der Waals surface area contributed by atoms with Crippen LogP contribution in [-0.2, 0) is 13.1 Å². The normalized spacial score (nSPS) is 12.6. The Bertz CT molecular complexity index is 997. The van der Waals surface area contributed by atoms with E-state index in [0.717, 1.165) is 22.5 Å². The number of hydrogen-bond acceptors (Lipinski definition) is 3. The lowest BCUT2D eigenvalue weighted by molar-refractivity contribution is 0.102. The predicted molar refractivity (Wildman–Crippen MR) is 102 cm³/mol. The first-order valence-electron chi connectivity index (χ1n) is 8.66. The number of fused-ring (bicyclic) bond motifs is 1. The number of H-pyrrole nitrogens is 1. The molecule has 0 saturated heterocycles. The molecule has 0 fully saturated rings. The van der Waals surface area contributed by atoms with Crippen LogP contribution in [0.1, 0.15) is 27.2 Å². The molecule has 3 amide bonds. The van der Waals surface area contributed by atoms with Gasteiger partial charge in [0.15, 0.2) is 0 Å². The van der Waals surface area contributed by atoms with Gasteiger partial charge in [-0.25, -0.2) is 4.79 Å². The summed E-state index contributed by atoms with van der Waals surface area (Å²) >= 11 is 0. The summed E-state index contributed by atoms with van der Waals surface area (Å²) in [7, 11) is 0. The Morgan fingerprint density at radius 1 is 1.00 bits per heavy atom. The van der Waals surface area contributed by atoms with Crippen LogP contribution >= 0.6 is 0 Å². The van der Waals surface area contributed by atoms with Crippen LogP contribution in [0, 0.1) is 6.92 Å². The molecule has 7 heteroatoms. The average molecular weight is 361 g/mol. The topological polar surface area (TPSA) is 90.1 Å². The highest BCUT2D eigenvalue weighted by atomic mass is 16.2. The molecule has 7 nitrogen and oxygen atoms in total. The first-order valence-corrected chi connectivity index (χ1v) is 8.66. The van der Waals surface area contributed by atoms with Gasteiger partial charge in [-0.1, -0.05) is 36.4 Å². The van der Waals surface area contributed by atoms with Gasteiger partial charge in [-0.15, -0.1) is 0 Å². The molecule has 27 heavy (non-hydrogen) atoms. The van der Waals surface area contributed by atoms with Crippen molar-refractivity contribution < 1.29 is 9.59 Å². The Kier molecular flexibility index (Phi) is 4.33. The minimum absolute atomic E-state index is 0.199. The standard InChI is InChI=1S/C20H19N5O2/c1-13-7-5-6-10-15(13)19(26)22-18-16-11-25(12-17(16)23-24-18)20(27)21-14-8-3-2-4-9-14/h2-10H,11-12H2,1H3,(H,21,27)(H2,22,23,24,26). The number of amides is 3. The summed E-state index contributed by atoms with van der Waals surface area (Å²) in [4.78, 5) is 26.7. The highest BCUT2D eigenvalue weighted by Crippen LogP contribution is 2.28. The molecule has 0 bridgehead atoms. The molecule has 4 rings (SSSR count). The number of para-hydroxylation sites is 1. The van der Waals surface area contributed by atoms with Gasteiger partial charge in [-0.05, 0) is 30.7 Å². The van der Waals surface area contributed by atoms with Gasteiger partial charge in [0.05, 0.1) is 18.8 Å². The van der Waals surface area contributed by atoms with Crippen LogP contribution in [0.4, 0.5) is 16.3 Å². The van der Waals surface area contributed by atoms with Gasteiger partial charge < -0.3 is 15.5 Å². The summed E-state index contributed by atoms with van der Waals surface area (Å²) in [6.07, 6.45) is 0. The Labute approximate surface area is 156 Å². The molecule has 3 N–H and O–H groups in total. The van der Waals surface area contributed by atoms with Crippen molar-refractivity contribution in [1.82, 2.24) is 15.1 Å². The third kappa shape index (κ3) is 3.39. The number of nitrogens with one attached hydrogen (secondary N) is 3. The number of urea groups is 1. The maximum Gasteiger partial charge on any atom is 0.322 e. The fraction of sp³-hybridized carbons (Fsp3) is 0.150. The Morgan fingerprint density at radius 3 is 2.52 bits per heavy atom. The summed E-state index contributed by atoms with van der Waals surface area (Å²) in [6.45, 7) is 2.67. The van der Waals surface area contributed by atoms with E-state index < -0.39 is 0 Å². The van der Waals surface area contributed by atoms with E-state index in [4.69, 9.17) is 0 Å². The van der Waals surface area contributed by atoms with Crippen molar-refractivity contribution in [3.8, 4) is 0 Å². The molecule has 0 unspecified atom stereocenters. The maximum atomic E-state index is 12.5. The number of hydrogen-bond donors (Lipinski definition) is 3. The number of aromatic amines is 1. The average Bonchev–Trinajstić information content (AvgIpc) is 3.25. The fourth-order valence-corrected chi connectivity index (χ4v) is 3.11. The second-order valence-corrected chi connectivity index (χ2v) is 6.45. The molecule has 0 aliphatic carbocycles. The molecular weight excluding hydrogens is 342 g/mol. The van der Waals surface area contributed by atoms with Crippen LogP contribution in [-0.4, -0.2) is 27.0 Å². The van der Waals surface area contributed by atoms with E-state index in [1.807, 2.05) is 55.5 Å². The lowest BCUT2D eigenvalue weighted by atomic mass is 10.1. The van der Waals surface area contributed by atoms with Crippen LogP contribution in [0.3, 0.4) is 0 Å². The van der Waals surface area contributed by atoms with Crippen LogP contribution in [0.5, 0.6) is 0 Å². The van der Waals surface area contributed by atoms with Crippen molar-refractivity contribution in [3.63, 3.8) is 0 Å². The fourth-order valence-electron chi connectivity index (χ4n) is 3.11. The zero-order valence-corrected chi connectivity index (χ0v) is 14.8. The molecule has 136 valence electrons. The second-order valence-electron chi connectivity index (χ2n) is 6.45. The molecule has 1 aliphatic rings. The maximum absolute atomic E-state index is 12.5. The minimum Gasteiger partial charge on any atom is -0.314 e. The molecule has 0 radical (unpaired) electrons. The molecule has 2 heterocycles. The molecule has 0 saturated carbocycles. The van der Waals surface area contributed by atoms with E-state index in [1.165, 1.54) is 0 Å². The quantitative estimate of drug-likeness (QED) is 0.667. The molecule has 0 spiro atoms. The van der Waals surface area contributed by atoms with E-state index in [1.54, 1.807) is 11.0 Å². The largest absolute Gasteiger partial charge is 0.322 e. The van der Waals surface area contributed by atoms with Crippen molar-refractivity contribution >= 4 is 23.4 Å². The van der Waals surface area contributed by atoms with Crippen molar-refractivity contribution in [2.24, 2.45) is 0 Å². The van der Waals surface area contributed by atoms with Gasteiger partial charge in [0.25, 0.3) is 5.91 Å². The van der Waals surface area contributed by atoms with Gasteiger partial charge in [0, 0.05) is 16.8 Å². The summed E-state index contributed by atoms with van der Waals surface area (Å²) in [5.74, 6) is 0.333.